The third kappa shape index (κ3) is 4.38. The Labute approximate surface area is 176 Å². The van der Waals surface area contributed by atoms with Crippen LogP contribution in [0.15, 0.2) is 42.2 Å². The number of fused-ring (bicyclic) bond motifs is 1. The number of aryl methyl sites for hydroxylation is 1. The molecule has 0 saturated carbocycles. The Morgan fingerprint density at radius 1 is 1.13 bits per heavy atom. The second kappa shape index (κ2) is 7.80. The number of aromatic amines is 1. The summed E-state index contributed by atoms with van der Waals surface area (Å²) in [6.07, 6.45) is -1.22. The van der Waals surface area contributed by atoms with Crippen molar-refractivity contribution in [2.45, 2.75) is 13.1 Å². The van der Waals surface area contributed by atoms with Gasteiger partial charge in [0.1, 0.15) is 11.4 Å². The Kier molecular flexibility index (Phi) is 5.15. The first kappa shape index (κ1) is 20.5. The number of nitrogens with one attached hydrogen (secondary N) is 2. The van der Waals surface area contributed by atoms with Crippen LogP contribution in [-0.4, -0.2) is 38.2 Å². The van der Waals surface area contributed by atoms with Crippen molar-refractivity contribution in [3.8, 4) is 16.9 Å². The molecule has 1 amide bonds. The van der Waals surface area contributed by atoms with E-state index in [1.54, 1.807) is 24.4 Å². The number of aromatic nitrogens is 4. The highest BCUT2D eigenvalue weighted by molar-refractivity contribution is 7.09. The zero-order valence-electron chi connectivity index (χ0n) is 15.6. The van der Waals surface area contributed by atoms with Crippen molar-refractivity contribution < 1.29 is 27.5 Å². The first-order chi connectivity index (χ1) is 14.7. The van der Waals surface area contributed by atoms with E-state index in [2.05, 4.69) is 30.2 Å². The van der Waals surface area contributed by atoms with Crippen LogP contribution in [0.25, 0.3) is 22.0 Å². The molecule has 31 heavy (non-hydrogen) atoms. The van der Waals surface area contributed by atoms with E-state index in [0.29, 0.717) is 27.7 Å². The van der Waals surface area contributed by atoms with Gasteiger partial charge in [-0.25, -0.2) is 9.78 Å². The molecule has 3 heterocycles. The molecular formula is C19H12F3N5O3S. The Morgan fingerprint density at radius 3 is 2.65 bits per heavy atom. The van der Waals surface area contributed by atoms with Crippen LogP contribution >= 0.6 is 11.3 Å². The fraction of sp³-hybridized carbons (Fsp3) is 0.105. The number of ether oxygens (including phenoxy) is 1. The average molecular weight is 447 g/mol. The van der Waals surface area contributed by atoms with Crippen molar-refractivity contribution in [3.63, 3.8) is 0 Å². The van der Waals surface area contributed by atoms with Gasteiger partial charge in [-0.1, -0.05) is 0 Å². The maximum Gasteiger partial charge on any atom is 0.491 e. The van der Waals surface area contributed by atoms with Crippen LogP contribution < -0.4 is 10.1 Å². The minimum atomic E-state index is -5.13. The highest BCUT2D eigenvalue weighted by atomic mass is 32.1. The van der Waals surface area contributed by atoms with Crippen molar-refractivity contribution in [1.29, 1.82) is 0 Å². The van der Waals surface area contributed by atoms with Crippen LogP contribution in [0.2, 0.25) is 0 Å². The van der Waals surface area contributed by atoms with Crippen LogP contribution in [0, 0.1) is 6.92 Å². The molecule has 3 aromatic heterocycles. The second-order valence-corrected chi connectivity index (χ2v) is 7.42. The molecule has 158 valence electrons. The first-order valence-electron chi connectivity index (χ1n) is 8.66. The third-order valence-electron chi connectivity index (χ3n) is 4.15. The third-order valence-corrected chi connectivity index (χ3v) is 4.92. The normalized spacial score (nSPS) is 11.5. The molecule has 0 aliphatic rings. The molecular weight excluding hydrogens is 435 g/mol. The van der Waals surface area contributed by atoms with Gasteiger partial charge in [-0.3, -0.25) is 14.9 Å². The van der Waals surface area contributed by atoms with E-state index in [1.165, 1.54) is 29.8 Å². The molecule has 8 nitrogen and oxygen atoms in total. The molecule has 0 aliphatic heterocycles. The number of carbonyl (C=O) groups excluding carboxylic acids is 2. The number of pyridine rings is 1. The Hall–Kier alpha value is -3.80. The van der Waals surface area contributed by atoms with Crippen LogP contribution in [0.5, 0.6) is 5.75 Å². The largest absolute Gasteiger partial charge is 0.491 e. The molecule has 4 aromatic rings. The van der Waals surface area contributed by atoms with E-state index in [1.807, 2.05) is 0 Å². The molecule has 0 bridgehead atoms. The standard InChI is InChI=1S/C19H12F3N5O3S/c1-9-25-16(8-31-9)17(28)26-14-3-10(4-15-13(14)7-24-27-15)11-2-12(6-23-5-11)30-18(29)19(20,21)22/h2-8H,1H3,(H,24,27)(H,26,28). The summed E-state index contributed by atoms with van der Waals surface area (Å²) in [5, 5.41) is 12.5. The smallest absolute Gasteiger partial charge is 0.418 e. The number of benzene rings is 1. The number of rotatable bonds is 4. The fourth-order valence-corrected chi connectivity index (χ4v) is 3.37. The van der Waals surface area contributed by atoms with Gasteiger partial charge < -0.3 is 10.1 Å². The minimum Gasteiger partial charge on any atom is -0.418 e. The molecule has 12 heteroatoms. The summed E-state index contributed by atoms with van der Waals surface area (Å²) in [4.78, 5) is 31.6. The van der Waals surface area contributed by atoms with Crippen molar-refractivity contribution in [2.24, 2.45) is 0 Å². The summed E-state index contributed by atoms with van der Waals surface area (Å²) >= 11 is 1.34. The maximum atomic E-state index is 12.5. The maximum absolute atomic E-state index is 12.5. The summed E-state index contributed by atoms with van der Waals surface area (Å²) in [5.74, 6) is -3.13. The van der Waals surface area contributed by atoms with Gasteiger partial charge in [-0.05, 0) is 30.7 Å². The van der Waals surface area contributed by atoms with Crippen LogP contribution in [0.4, 0.5) is 18.9 Å². The van der Waals surface area contributed by atoms with Crippen molar-refractivity contribution >= 4 is 39.8 Å². The molecule has 0 saturated heterocycles. The van der Waals surface area contributed by atoms with Gasteiger partial charge in [-0.2, -0.15) is 18.3 Å². The lowest BCUT2D eigenvalue weighted by Gasteiger charge is -2.10. The Balaban J connectivity index is 1.68. The van der Waals surface area contributed by atoms with E-state index < -0.39 is 18.1 Å². The van der Waals surface area contributed by atoms with Crippen LogP contribution in [0.1, 0.15) is 15.5 Å². The van der Waals surface area contributed by atoms with Gasteiger partial charge in [0.05, 0.1) is 28.6 Å². The monoisotopic (exact) mass is 447 g/mol. The predicted octanol–water partition coefficient (Wildman–Crippen LogP) is 4.11. The zero-order chi connectivity index (χ0) is 22.2. The Morgan fingerprint density at radius 2 is 1.94 bits per heavy atom. The van der Waals surface area contributed by atoms with Crippen molar-refractivity contribution in [2.75, 3.05) is 5.32 Å². The van der Waals surface area contributed by atoms with Crippen LogP contribution in [-0.2, 0) is 4.79 Å². The zero-order valence-corrected chi connectivity index (χ0v) is 16.5. The molecule has 0 unspecified atom stereocenters. The number of hydrogen-bond acceptors (Lipinski definition) is 7. The molecule has 1 aromatic carbocycles. The lowest BCUT2D eigenvalue weighted by Crippen LogP contribution is -2.28. The van der Waals surface area contributed by atoms with Crippen molar-refractivity contribution in [1.82, 2.24) is 20.2 Å². The van der Waals surface area contributed by atoms with Crippen molar-refractivity contribution in [3.05, 3.63) is 52.9 Å². The highest BCUT2D eigenvalue weighted by Crippen LogP contribution is 2.32. The minimum absolute atomic E-state index is 0.257. The number of alkyl halides is 3. The quantitative estimate of drug-likeness (QED) is 0.456. The van der Waals surface area contributed by atoms with Gasteiger partial charge in [0.15, 0.2) is 0 Å². The topological polar surface area (TPSA) is 110 Å². The van der Waals surface area contributed by atoms with Gasteiger partial charge >= 0.3 is 12.1 Å². The number of anilines is 1. The molecule has 0 atom stereocenters. The molecule has 0 fully saturated rings. The molecule has 0 radical (unpaired) electrons. The molecule has 0 aliphatic carbocycles. The van der Waals surface area contributed by atoms with E-state index in [9.17, 15) is 22.8 Å². The van der Waals surface area contributed by atoms with E-state index in [0.717, 1.165) is 11.2 Å². The number of amides is 1. The second-order valence-electron chi connectivity index (χ2n) is 6.36. The van der Waals surface area contributed by atoms with Gasteiger partial charge in [0.25, 0.3) is 5.91 Å². The summed E-state index contributed by atoms with van der Waals surface area (Å²) in [6, 6.07) is 4.53. The number of H-pyrrole nitrogens is 1. The average Bonchev–Trinajstić information content (AvgIpc) is 3.36. The van der Waals surface area contributed by atoms with Crippen LogP contribution in [0.3, 0.4) is 0 Å². The SMILES string of the molecule is Cc1nc(C(=O)Nc2cc(-c3cncc(OC(=O)C(F)(F)F)c3)cc3[nH]ncc23)cs1. The lowest BCUT2D eigenvalue weighted by molar-refractivity contribution is -0.189. The number of carbonyl (C=O) groups is 2. The molecule has 4 rings (SSSR count). The fourth-order valence-electron chi connectivity index (χ4n) is 2.77. The highest BCUT2D eigenvalue weighted by Gasteiger charge is 2.41. The summed E-state index contributed by atoms with van der Waals surface area (Å²) in [5.41, 5.74) is 2.10. The summed E-state index contributed by atoms with van der Waals surface area (Å²) < 4.78 is 41.7. The summed E-state index contributed by atoms with van der Waals surface area (Å²) in [6.45, 7) is 1.78. The molecule has 2 N–H and O–H groups in total. The van der Waals surface area contributed by atoms with E-state index in [-0.39, 0.29) is 11.4 Å². The number of halogens is 3. The first-order valence-corrected chi connectivity index (χ1v) is 9.54. The number of hydrogen-bond donors (Lipinski definition) is 2. The summed E-state index contributed by atoms with van der Waals surface area (Å²) in [7, 11) is 0. The van der Waals surface area contributed by atoms with E-state index >= 15 is 0 Å². The predicted molar refractivity (Wildman–Crippen MR) is 106 cm³/mol. The molecule has 0 spiro atoms. The van der Waals surface area contributed by atoms with E-state index in [4.69, 9.17) is 0 Å². The number of thiazole rings is 1. The number of esters is 1. The Bertz CT molecular complexity index is 1300. The number of nitrogens with zero attached hydrogens (tertiary/aromatic N) is 3. The van der Waals surface area contributed by atoms with Gasteiger partial charge in [0.2, 0.25) is 0 Å². The van der Waals surface area contributed by atoms with Gasteiger partial charge in [-0.15, -0.1) is 11.3 Å². The lowest BCUT2D eigenvalue weighted by atomic mass is 10.0. The van der Waals surface area contributed by atoms with Gasteiger partial charge in [0, 0.05) is 22.5 Å².